The van der Waals surface area contributed by atoms with E-state index in [9.17, 15) is 18.4 Å². The zero-order valence-electron chi connectivity index (χ0n) is 11.3. The molecule has 4 nitrogen and oxygen atoms in total. The standard InChI is InChI=1S/C14H12F2N2O2S/c1-6-7(2)21-14(11(6)12(17)19)18-13(20)8-3-4-9(15)10(16)5-8/h3-5H,1-2H3,(H2,17,19)(H,18,20). The third kappa shape index (κ3) is 2.92. The first-order valence-electron chi connectivity index (χ1n) is 5.97. The van der Waals surface area contributed by atoms with Crippen molar-refractivity contribution in [3.05, 3.63) is 51.4 Å². The summed E-state index contributed by atoms with van der Waals surface area (Å²) in [6, 6.07) is 2.82. The summed E-state index contributed by atoms with van der Waals surface area (Å²) in [5.74, 6) is -3.45. The molecule has 7 heteroatoms. The fourth-order valence-corrected chi connectivity index (χ4v) is 2.89. The average Bonchev–Trinajstić information content (AvgIpc) is 2.68. The van der Waals surface area contributed by atoms with E-state index in [-0.39, 0.29) is 11.1 Å². The minimum atomic E-state index is -1.11. The van der Waals surface area contributed by atoms with Gasteiger partial charge in [0.1, 0.15) is 5.00 Å². The first-order valence-corrected chi connectivity index (χ1v) is 6.79. The Kier molecular flexibility index (Phi) is 4.04. The molecule has 2 amide bonds. The molecule has 0 saturated heterocycles. The summed E-state index contributed by atoms with van der Waals surface area (Å²) < 4.78 is 26.0. The van der Waals surface area contributed by atoms with E-state index in [2.05, 4.69) is 5.32 Å². The average molecular weight is 310 g/mol. The zero-order valence-corrected chi connectivity index (χ0v) is 12.1. The highest BCUT2D eigenvalue weighted by atomic mass is 32.1. The van der Waals surface area contributed by atoms with Gasteiger partial charge in [-0.25, -0.2) is 8.78 Å². The number of carbonyl (C=O) groups excluding carboxylic acids is 2. The van der Waals surface area contributed by atoms with E-state index in [0.29, 0.717) is 10.6 Å². The summed E-state index contributed by atoms with van der Waals surface area (Å²) in [6.45, 7) is 3.51. The van der Waals surface area contributed by atoms with Gasteiger partial charge < -0.3 is 11.1 Å². The van der Waals surface area contributed by atoms with Crippen molar-refractivity contribution in [3.8, 4) is 0 Å². The minimum absolute atomic E-state index is 0.0481. The van der Waals surface area contributed by atoms with Crippen molar-refractivity contribution in [1.82, 2.24) is 0 Å². The molecule has 2 rings (SSSR count). The van der Waals surface area contributed by atoms with Crippen molar-refractivity contribution < 1.29 is 18.4 Å². The number of nitrogens with one attached hydrogen (secondary N) is 1. The van der Waals surface area contributed by atoms with Gasteiger partial charge in [0, 0.05) is 10.4 Å². The maximum atomic E-state index is 13.1. The van der Waals surface area contributed by atoms with Gasteiger partial charge in [0.2, 0.25) is 0 Å². The second-order valence-electron chi connectivity index (χ2n) is 4.43. The van der Waals surface area contributed by atoms with Crippen LogP contribution in [0, 0.1) is 25.5 Å². The Labute approximate surface area is 123 Å². The van der Waals surface area contributed by atoms with E-state index in [1.54, 1.807) is 13.8 Å². The molecular formula is C14H12F2N2O2S. The molecule has 0 saturated carbocycles. The van der Waals surface area contributed by atoms with Crippen molar-refractivity contribution in [1.29, 1.82) is 0 Å². The fourth-order valence-electron chi connectivity index (χ4n) is 1.82. The highest BCUT2D eigenvalue weighted by molar-refractivity contribution is 7.16. The SMILES string of the molecule is Cc1sc(NC(=O)c2ccc(F)c(F)c2)c(C(N)=O)c1C. The van der Waals surface area contributed by atoms with Gasteiger partial charge in [-0.3, -0.25) is 9.59 Å². The lowest BCUT2D eigenvalue weighted by atomic mass is 10.1. The lowest BCUT2D eigenvalue weighted by Gasteiger charge is -2.05. The van der Waals surface area contributed by atoms with Gasteiger partial charge in [-0.2, -0.15) is 0 Å². The molecule has 0 bridgehead atoms. The molecule has 0 aliphatic heterocycles. The Balaban J connectivity index is 2.33. The second-order valence-corrected chi connectivity index (χ2v) is 5.66. The molecule has 0 aliphatic carbocycles. The monoisotopic (exact) mass is 310 g/mol. The van der Waals surface area contributed by atoms with E-state index >= 15 is 0 Å². The smallest absolute Gasteiger partial charge is 0.256 e. The van der Waals surface area contributed by atoms with Crippen molar-refractivity contribution in [3.63, 3.8) is 0 Å². The molecule has 1 aromatic heterocycles. The lowest BCUT2D eigenvalue weighted by Crippen LogP contribution is -2.17. The van der Waals surface area contributed by atoms with Crippen LogP contribution in [0.3, 0.4) is 0 Å². The molecule has 1 aromatic carbocycles. The second kappa shape index (κ2) is 5.61. The molecule has 0 unspecified atom stereocenters. The van der Waals surface area contributed by atoms with E-state index in [1.807, 2.05) is 0 Å². The van der Waals surface area contributed by atoms with Gasteiger partial charge >= 0.3 is 0 Å². The Morgan fingerprint density at radius 2 is 1.86 bits per heavy atom. The van der Waals surface area contributed by atoms with Crippen LogP contribution in [0.15, 0.2) is 18.2 Å². The molecule has 0 atom stereocenters. The number of halogens is 2. The van der Waals surface area contributed by atoms with Crippen LogP contribution in [0.5, 0.6) is 0 Å². The molecule has 1 heterocycles. The topological polar surface area (TPSA) is 72.2 Å². The first-order chi connectivity index (χ1) is 9.81. The number of anilines is 1. The number of aryl methyl sites for hydroxylation is 1. The van der Waals surface area contributed by atoms with Gasteiger partial charge in [0.15, 0.2) is 11.6 Å². The van der Waals surface area contributed by atoms with Crippen LogP contribution in [-0.2, 0) is 0 Å². The number of thiophene rings is 1. The summed E-state index contributed by atoms with van der Waals surface area (Å²) >= 11 is 1.20. The number of carbonyl (C=O) groups is 2. The maximum Gasteiger partial charge on any atom is 0.256 e. The van der Waals surface area contributed by atoms with Crippen LogP contribution in [0.1, 0.15) is 31.2 Å². The summed E-state index contributed by atoms with van der Waals surface area (Å²) in [7, 11) is 0. The number of benzene rings is 1. The van der Waals surface area contributed by atoms with Gasteiger partial charge in [-0.05, 0) is 37.6 Å². The largest absolute Gasteiger partial charge is 0.365 e. The lowest BCUT2D eigenvalue weighted by molar-refractivity contribution is 0.100. The predicted molar refractivity (Wildman–Crippen MR) is 76.6 cm³/mol. The Morgan fingerprint density at radius 1 is 1.19 bits per heavy atom. The van der Waals surface area contributed by atoms with E-state index in [4.69, 9.17) is 5.73 Å². The molecule has 0 aliphatic rings. The highest BCUT2D eigenvalue weighted by Gasteiger charge is 2.20. The van der Waals surface area contributed by atoms with Crippen LogP contribution < -0.4 is 11.1 Å². The van der Waals surface area contributed by atoms with Gasteiger partial charge in [0.05, 0.1) is 5.56 Å². The normalized spacial score (nSPS) is 10.5. The zero-order chi connectivity index (χ0) is 15.7. The molecule has 2 aromatic rings. The maximum absolute atomic E-state index is 13.1. The molecule has 0 fully saturated rings. The quantitative estimate of drug-likeness (QED) is 0.914. The van der Waals surface area contributed by atoms with E-state index in [0.717, 1.165) is 23.1 Å². The first kappa shape index (κ1) is 15.1. The van der Waals surface area contributed by atoms with Crippen molar-refractivity contribution in [2.24, 2.45) is 5.73 Å². The number of hydrogen-bond donors (Lipinski definition) is 2. The predicted octanol–water partition coefficient (Wildman–Crippen LogP) is 2.99. The van der Waals surface area contributed by atoms with Crippen LogP contribution in [-0.4, -0.2) is 11.8 Å². The summed E-state index contributed by atoms with van der Waals surface area (Å²) in [4.78, 5) is 24.3. The molecule has 21 heavy (non-hydrogen) atoms. The van der Waals surface area contributed by atoms with Crippen molar-refractivity contribution in [2.45, 2.75) is 13.8 Å². The minimum Gasteiger partial charge on any atom is -0.365 e. The third-order valence-electron chi connectivity index (χ3n) is 3.04. The van der Waals surface area contributed by atoms with E-state index < -0.39 is 23.4 Å². The van der Waals surface area contributed by atoms with Gasteiger partial charge in [-0.15, -0.1) is 11.3 Å². The molecular weight excluding hydrogens is 298 g/mol. The number of primary amides is 1. The summed E-state index contributed by atoms with van der Waals surface area (Å²) in [5.41, 5.74) is 6.16. The Morgan fingerprint density at radius 3 is 2.43 bits per heavy atom. The molecule has 110 valence electrons. The Bertz CT molecular complexity index is 741. The van der Waals surface area contributed by atoms with Crippen LogP contribution in [0.25, 0.3) is 0 Å². The van der Waals surface area contributed by atoms with Gasteiger partial charge in [-0.1, -0.05) is 0 Å². The molecule has 0 radical (unpaired) electrons. The molecule has 3 N–H and O–H groups in total. The van der Waals surface area contributed by atoms with Gasteiger partial charge in [0.25, 0.3) is 11.8 Å². The van der Waals surface area contributed by atoms with Crippen LogP contribution >= 0.6 is 11.3 Å². The fraction of sp³-hybridized carbons (Fsp3) is 0.143. The number of hydrogen-bond acceptors (Lipinski definition) is 3. The molecule has 0 spiro atoms. The third-order valence-corrected chi connectivity index (χ3v) is 4.16. The number of amides is 2. The van der Waals surface area contributed by atoms with E-state index in [1.165, 1.54) is 11.3 Å². The summed E-state index contributed by atoms with van der Waals surface area (Å²) in [6.07, 6.45) is 0. The Hall–Kier alpha value is -2.28. The van der Waals surface area contributed by atoms with Crippen LogP contribution in [0.4, 0.5) is 13.8 Å². The number of nitrogens with two attached hydrogens (primary N) is 1. The number of rotatable bonds is 3. The van der Waals surface area contributed by atoms with Crippen molar-refractivity contribution in [2.75, 3.05) is 5.32 Å². The summed E-state index contributed by atoms with van der Waals surface area (Å²) in [5, 5.41) is 2.80. The van der Waals surface area contributed by atoms with Crippen LogP contribution in [0.2, 0.25) is 0 Å². The highest BCUT2D eigenvalue weighted by Crippen LogP contribution is 2.32. The van der Waals surface area contributed by atoms with Crippen molar-refractivity contribution >= 4 is 28.2 Å².